The number of aromatic amines is 2. The second kappa shape index (κ2) is 4.59. The summed E-state index contributed by atoms with van der Waals surface area (Å²) < 4.78 is 0. The molecule has 7 nitrogen and oxygen atoms in total. The number of nitrogens with zero attached hydrogens (tertiary/aromatic N) is 5. The number of anilines is 1. The van der Waals surface area contributed by atoms with E-state index < -0.39 is 0 Å². The van der Waals surface area contributed by atoms with Crippen molar-refractivity contribution in [2.45, 2.75) is 18.8 Å². The lowest BCUT2D eigenvalue weighted by molar-refractivity contribution is 0.492. The molecule has 1 aliphatic heterocycles. The molecule has 0 spiro atoms. The predicted molar refractivity (Wildman–Crippen MR) is 74.5 cm³/mol. The molecule has 1 saturated heterocycles. The maximum Gasteiger partial charge on any atom is 0.182 e. The summed E-state index contributed by atoms with van der Waals surface area (Å²) in [5.74, 6) is 2.42. The Morgan fingerprint density at radius 2 is 2.15 bits per heavy atom. The minimum Gasteiger partial charge on any atom is -0.354 e. The fraction of sp³-hybridized carbons (Fsp3) is 0.385. The number of hydrogen-bond donors (Lipinski definition) is 2. The summed E-state index contributed by atoms with van der Waals surface area (Å²) in [6.45, 7) is 1.92. The van der Waals surface area contributed by atoms with E-state index in [1.807, 2.05) is 12.4 Å². The van der Waals surface area contributed by atoms with Gasteiger partial charge in [0.1, 0.15) is 17.7 Å². The normalized spacial score (nSPS) is 19.6. The van der Waals surface area contributed by atoms with Crippen LogP contribution in [0.4, 0.5) is 5.82 Å². The molecule has 0 saturated carbocycles. The summed E-state index contributed by atoms with van der Waals surface area (Å²) in [6.07, 6.45) is 9.22. The smallest absolute Gasteiger partial charge is 0.182 e. The Balaban J connectivity index is 1.66. The minimum absolute atomic E-state index is 0.423. The summed E-state index contributed by atoms with van der Waals surface area (Å²) in [7, 11) is 0. The maximum absolute atomic E-state index is 4.43. The second-order valence-corrected chi connectivity index (χ2v) is 5.06. The van der Waals surface area contributed by atoms with Crippen LogP contribution in [0.3, 0.4) is 0 Å². The molecule has 1 unspecified atom stereocenters. The first-order valence-corrected chi connectivity index (χ1v) is 6.80. The van der Waals surface area contributed by atoms with Gasteiger partial charge in [-0.15, -0.1) is 0 Å². The van der Waals surface area contributed by atoms with E-state index >= 15 is 0 Å². The van der Waals surface area contributed by atoms with Crippen LogP contribution in [0.25, 0.3) is 11.2 Å². The molecule has 1 atom stereocenters. The van der Waals surface area contributed by atoms with Crippen LogP contribution in [0.2, 0.25) is 0 Å². The summed E-state index contributed by atoms with van der Waals surface area (Å²) >= 11 is 0. The largest absolute Gasteiger partial charge is 0.354 e. The molecule has 0 aromatic carbocycles. The minimum atomic E-state index is 0.423. The predicted octanol–water partition coefficient (Wildman–Crippen LogP) is 1.46. The van der Waals surface area contributed by atoms with E-state index in [0.717, 1.165) is 48.7 Å². The molecule has 0 bridgehead atoms. The lowest BCUT2D eigenvalue weighted by Gasteiger charge is -2.32. The average molecular weight is 269 g/mol. The molecule has 4 heterocycles. The van der Waals surface area contributed by atoms with Crippen LogP contribution < -0.4 is 4.90 Å². The van der Waals surface area contributed by atoms with Crippen LogP contribution in [-0.4, -0.2) is 43.0 Å². The van der Waals surface area contributed by atoms with Gasteiger partial charge >= 0.3 is 0 Å². The molecule has 3 aromatic heterocycles. The van der Waals surface area contributed by atoms with Gasteiger partial charge in [-0.2, -0.15) is 0 Å². The Hall–Kier alpha value is -2.44. The first-order valence-electron chi connectivity index (χ1n) is 6.80. The SMILES string of the molecule is c1c[nH]c(C2CCCN(c3ncnc4nc[nH]c34)C2)n1. The molecule has 0 radical (unpaired) electrons. The number of piperidine rings is 1. The highest BCUT2D eigenvalue weighted by Crippen LogP contribution is 2.29. The van der Waals surface area contributed by atoms with Crippen molar-refractivity contribution in [2.24, 2.45) is 0 Å². The lowest BCUT2D eigenvalue weighted by atomic mass is 9.97. The highest BCUT2D eigenvalue weighted by atomic mass is 15.2. The standard InChI is InChI=1S/C13H15N7/c1-2-9(11-14-3-4-15-11)6-20(5-1)13-10-12(17-7-16-10)18-8-19-13/h3-4,7-9H,1-2,5-6H2,(H,14,15)(H,16,17,18,19). The number of hydrogen-bond acceptors (Lipinski definition) is 5. The summed E-state index contributed by atoms with van der Waals surface area (Å²) in [4.78, 5) is 25.8. The second-order valence-electron chi connectivity index (χ2n) is 5.06. The van der Waals surface area contributed by atoms with Gasteiger partial charge in [-0.25, -0.2) is 19.9 Å². The van der Waals surface area contributed by atoms with Crippen molar-refractivity contribution in [3.63, 3.8) is 0 Å². The van der Waals surface area contributed by atoms with E-state index in [4.69, 9.17) is 0 Å². The lowest BCUT2D eigenvalue weighted by Crippen LogP contribution is -2.35. The van der Waals surface area contributed by atoms with Gasteiger partial charge in [0, 0.05) is 31.4 Å². The van der Waals surface area contributed by atoms with Crippen LogP contribution in [0.1, 0.15) is 24.6 Å². The number of nitrogens with one attached hydrogen (secondary N) is 2. The van der Waals surface area contributed by atoms with Crippen molar-refractivity contribution in [3.8, 4) is 0 Å². The molecule has 2 N–H and O–H groups in total. The van der Waals surface area contributed by atoms with E-state index in [2.05, 4.69) is 34.8 Å². The molecule has 1 fully saturated rings. The van der Waals surface area contributed by atoms with Crippen molar-refractivity contribution in [2.75, 3.05) is 18.0 Å². The van der Waals surface area contributed by atoms with Crippen molar-refractivity contribution in [1.82, 2.24) is 29.9 Å². The first-order chi connectivity index (χ1) is 9.92. The van der Waals surface area contributed by atoms with Crippen LogP contribution >= 0.6 is 0 Å². The fourth-order valence-electron chi connectivity index (χ4n) is 2.89. The Bertz CT molecular complexity index is 702. The zero-order valence-electron chi connectivity index (χ0n) is 11.0. The average Bonchev–Trinajstić information content (AvgIpc) is 3.18. The van der Waals surface area contributed by atoms with Gasteiger partial charge in [-0.3, -0.25) is 0 Å². The van der Waals surface area contributed by atoms with Crippen LogP contribution in [0.15, 0.2) is 25.0 Å². The van der Waals surface area contributed by atoms with E-state index in [1.54, 1.807) is 12.7 Å². The van der Waals surface area contributed by atoms with E-state index in [9.17, 15) is 0 Å². The number of aromatic nitrogens is 6. The number of fused-ring (bicyclic) bond motifs is 1. The van der Waals surface area contributed by atoms with Gasteiger partial charge in [0.25, 0.3) is 0 Å². The van der Waals surface area contributed by atoms with Gasteiger partial charge in [-0.1, -0.05) is 0 Å². The number of H-pyrrole nitrogens is 2. The highest BCUT2D eigenvalue weighted by molar-refractivity contribution is 5.82. The zero-order valence-corrected chi connectivity index (χ0v) is 11.0. The molecule has 0 aliphatic carbocycles. The van der Waals surface area contributed by atoms with Crippen LogP contribution in [0, 0.1) is 0 Å². The molecule has 1 aliphatic rings. The van der Waals surface area contributed by atoms with Gasteiger partial charge in [0.2, 0.25) is 0 Å². The molecule has 0 amide bonds. The fourth-order valence-corrected chi connectivity index (χ4v) is 2.89. The molecule has 102 valence electrons. The third-order valence-electron chi connectivity index (χ3n) is 3.83. The van der Waals surface area contributed by atoms with E-state index in [1.165, 1.54) is 0 Å². The Morgan fingerprint density at radius 3 is 3.05 bits per heavy atom. The van der Waals surface area contributed by atoms with E-state index in [-0.39, 0.29) is 0 Å². The maximum atomic E-state index is 4.43. The third-order valence-corrected chi connectivity index (χ3v) is 3.83. The Labute approximate surface area is 115 Å². The molecule has 3 aromatic rings. The van der Waals surface area contributed by atoms with Crippen LogP contribution in [-0.2, 0) is 0 Å². The Morgan fingerprint density at radius 1 is 1.15 bits per heavy atom. The zero-order chi connectivity index (χ0) is 13.4. The van der Waals surface area contributed by atoms with Gasteiger partial charge in [0.05, 0.1) is 6.33 Å². The Kier molecular flexibility index (Phi) is 2.61. The quantitative estimate of drug-likeness (QED) is 0.735. The van der Waals surface area contributed by atoms with E-state index in [0.29, 0.717) is 5.92 Å². The highest BCUT2D eigenvalue weighted by Gasteiger charge is 2.25. The monoisotopic (exact) mass is 269 g/mol. The molecular weight excluding hydrogens is 254 g/mol. The van der Waals surface area contributed by atoms with Crippen molar-refractivity contribution >= 4 is 17.0 Å². The van der Waals surface area contributed by atoms with Gasteiger partial charge < -0.3 is 14.9 Å². The van der Waals surface area contributed by atoms with Crippen molar-refractivity contribution in [3.05, 3.63) is 30.9 Å². The van der Waals surface area contributed by atoms with Gasteiger partial charge in [0.15, 0.2) is 11.5 Å². The number of rotatable bonds is 2. The molecule has 4 rings (SSSR count). The van der Waals surface area contributed by atoms with Gasteiger partial charge in [-0.05, 0) is 12.8 Å². The van der Waals surface area contributed by atoms with Crippen molar-refractivity contribution in [1.29, 1.82) is 0 Å². The summed E-state index contributed by atoms with van der Waals surface area (Å²) in [5, 5.41) is 0. The summed E-state index contributed by atoms with van der Waals surface area (Å²) in [5.41, 5.74) is 1.63. The molecular formula is C13H15N7. The topological polar surface area (TPSA) is 86.4 Å². The number of imidazole rings is 2. The third kappa shape index (κ3) is 1.82. The molecule has 7 heteroatoms. The first kappa shape index (κ1) is 11.4. The van der Waals surface area contributed by atoms with Crippen LogP contribution in [0.5, 0.6) is 0 Å². The molecule has 20 heavy (non-hydrogen) atoms. The summed E-state index contributed by atoms with van der Waals surface area (Å²) in [6, 6.07) is 0. The van der Waals surface area contributed by atoms with Crippen molar-refractivity contribution < 1.29 is 0 Å².